The summed E-state index contributed by atoms with van der Waals surface area (Å²) in [6.45, 7) is 3.25. The molecule has 0 aliphatic carbocycles. The molecule has 174 valence electrons. The zero-order valence-corrected chi connectivity index (χ0v) is 20.3. The van der Waals surface area contributed by atoms with Crippen LogP contribution in [0.25, 0.3) is 0 Å². The molecule has 3 aromatic rings. The second-order valence-corrected chi connectivity index (χ2v) is 10.4. The molecule has 1 aliphatic heterocycles. The molecule has 10 heteroatoms. The summed E-state index contributed by atoms with van der Waals surface area (Å²) >= 11 is 12.0. The number of rotatable bonds is 7. The zero-order chi connectivity index (χ0) is 23.4. The third-order valence-corrected chi connectivity index (χ3v) is 7.87. The summed E-state index contributed by atoms with van der Waals surface area (Å²) in [6.07, 6.45) is 1.68. The summed E-state index contributed by atoms with van der Waals surface area (Å²) in [5, 5.41) is 1.18. The molecule has 0 atom stereocenters. The molecular weight excluding hydrogens is 481 g/mol. The average molecular weight is 506 g/mol. The monoisotopic (exact) mass is 505 g/mol. The van der Waals surface area contributed by atoms with Gasteiger partial charge in [-0.05, 0) is 60.7 Å². The number of aromatic nitrogens is 1. The molecule has 7 nitrogen and oxygen atoms in total. The molecule has 0 amide bonds. The molecule has 0 saturated carbocycles. The number of anilines is 3. The van der Waals surface area contributed by atoms with Crippen molar-refractivity contribution in [2.75, 3.05) is 53.4 Å². The summed E-state index contributed by atoms with van der Waals surface area (Å²) in [7, 11) is -3.85. The topological polar surface area (TPSA) is 82.8 Å². The van der Waals surface area contributed by atoms with Crippen molar-refractivity contribution in [2.45, 2.75) is 4.90 Å². The predicted octanol–water partition coefficient (Wildman–Crippen LogP) is 3.87. The first-order valence-electron chi connectivity index (χ1n) is 10.6. The van der Waals surface area contributed by atoms with Crippen LogP contribution in [0.15, 0.2) is 71.8 Å². The first kappa shape index (κ1) is 23.6. The van der Waals surface area contributed by atoms with Crippen LogP contribution >= 0.6 is 23.2 Å². The van der Waals surface area contributed by atoms with Gasteiger partial charge in [0.25, 0.3) is 10.0 Å². The van der Waals surface area contributed by atoms with E-state index in [9.17, 15) is 8.42 Å². The molecule has 1 aliphatic rings. The maximum atomic E-state index is 13.5. The molecule has 33 heavy (non-hydrogen) atoms. The number of hydrogen-bond acceptors (Lipinski definition) is 6. The van der Waals surface area contributed by atoms with Crippen molar-refractivity contribution in [3.05, 3.63) is 76.9 Å². The molecular formula is C23H25Cl2N5O2S. The van der Waals surface area contributed by atoms with Gasteiger partial charge >= 0.3 is 0 Å². The second kappa shape index (κ2) is 10.2. The van der Waals surface area contributed by atoms with Gasteiger partial charge in [-0.3, -0.25) is 4.31 Å². The van der Waals surface area contributed by atoms with Crippen molar-refractivity contribution in [3.8, 4) is 0 Å². The highest BCUT2D eigenvalue weighted by molar-refractivity contribution is 7.92. The Hall–Kier alpha value is -2.52. The quantitative estimate of drug-likeness (QED) is 0.524. The van der Waals surface area contributed by atoms with Crippen LogP contribution in [0.4, 0.5) is 17.2 Å². The second-order valence-electron chi connectivity index (χ2n) is 7.62. The van der Waals surface area contributed by atoms with Gasteiger partial charge in [0.1, 0.15) is 0 Å². The van der Waals surface area contributed by atoms with Crippen LogP contribution in [0, 0.1) is 0 Å². The fourth-order valence-corrected chi connectivity index (χ4v) is 5.61. The first-order valence-corrected chi connectivity index (χ1v) is 12.8. The van der Waals surface area contributed by atoms with Crippen LogP contribution in [0.3, 0.4) is 0 Å². The summed E-state index contributed by atoms with van der Waals surface area (Å²) in [5.41, 5.74) is 7.43. The average Bonchev–Trinajstić information content (AvgIpc) is 2.83. The van der Waals surface area contributed by atoms with Gasteiger partial charge in [-0.2, -0.15) is 0 Å². The number of piperazine rings is 1. The highest BCUT2D eigenvalue weighted by Crippen LogP contribution is 2.32. The van der Waals surface area contributed by atoms with Gasteiger partial charge in [-0.1, -0.05) is 23.2 Å². The van der Waals surface area contributed by atoms with E-state index in [0.29, 0.717) is 34.6 Å². The lowest BCUT2D eigenvalue weighted by molar-refractivity contribution is 0.590. The predicted molar refractivity (Wildman–Crippen MR) is 135 cm³/mol. The fourth-order valence-electron chi connectivity index (χ4n) is 3.88. The van der Waals surface area contributed by atoms with E-state index in [1.165, 1.54) is 16.4 Å². The third-order valence-electron chi connectivity index (χ3n) is 5.54. The smallest absolute Gasteiger partial charge is 0.264 e. The van der Waals surface area contributed by atoms with Gasteiger partial charge in [-0.15, -0.1) is 0 Å². The minimum absolute atomic E-state index is 0.133. The minimum Gasteiger partial charge on any atom is -0.368 e. The summed E-state index contributed by atoms with van der Waals surface area (Å²) in [5.74, 6) is 0.624. The molecule has 0 radical (unpaired) electrons. The Morgan fingerprint density at radius 3 is 2.06 bits per heavy atom. The first-order chi connectivity index (χ1) is 15.9. The molecule has 1 saturated heterocycles. The molecule has 1 fully saturated rings. The van der Waals surface area contributed by atoms with E-state index in [-0.39, 0.29) is 18.0 Å². The van der Waals surface area contributed by atoms with E-state index in [4.69, 9.17) is 28.9 Å². The number of nitrogens with zero attached hydrogens (tertiary/aromatic N) is 4. The van der Waals surface area contributed by atoms with Gasteiger partial charge < -0.3 is 15.5 Å². The SMILES string of the molecule is NCCN(c1cccnc1N1CCN(c2ccc(Cl)cc2)CC1)S(=O)(=O)c1ccc(Cl)cc1. The number of halogens is 2. The Morgan fingerprint density at radius 1 is 0.879 bits per heavy atom. The van der Waals surface area contributed by atoms with Crippen molar-refractivity contribution < 1.29 is 8.42 Å². The molecule has 0 bridgehead atoms. The van der Waals surface area contributed by atoms with Crippen LogP contribution in [0.5, 0.6) is 0 Å². The van der Waals surface area contributed by atoms with Crippen LogP contribution in [-0.2, 0) is 10.0 Å². The van der Waals surface area contributed by atoms with Gasteiger partial charge in [0.15, 0.2) is 5.82 Å². The van der Waals surface area contributed by atoms with Gasteiger partial charge in [0.2, 0.25) is 0 Å². The van der Waals surface area contributed by atoms with Crippen LogP contribution in [0.1, 0.15) is 0 Å². The maximum absolute atomic E-state index is 13.5. The fraction of sp³-hybridized carbons (Fsp3) is 0.261. The van der Waals surface area contributed by atoms with Crippen molar-refractivity contribution in [1.29, 1.82) is 0 Å². The minimum atomic E-state index is -3.85. The Morgan fingerprint density at radius 2 is 1.45 bits per heavy atom. The molecule has 4 rings (SSSR count). The molecule has 2 aromatic carbocycles. The summed E-state index contributed by atoms with van der Waals surface area (Å²) in [6, 6.07) is 17.4. The van der Waals surface area contributed by atoms with Crippen molar-refractivity contribution in [1.82, 2.24) is 4.98 Å². The van der Waals surface area contributed by atoms with Crippen LogP contribution < -0.4 is 19.8 Å². The highest BCUT2D eigenvalue weighted by atomic mass is 35.5. The number of nitrogens with two attached hydrogens (primary N) is 1. The van der Waals surface area contributed by atoms with E-state index in [1.807, 2.05) is 24.3 Å². The maximum Gasteiger partial charge on any atom is 0.264 e. The van der Waals surface area contributed by atoms with E-state index in [1.54, 1.807) is 30.5 Å². The van der Waals surface area contributed by atoms with Crippen LogP contribution in [0.2, 0.25) is 10.0 Å². The zero-order valence-electron chi connectivity index (χ0n) is 17.9. The highest BCUT2D eigenvalue weighted by Gasteiger charge is 2.29. The molecule has 0 unspecified atom stereocenters. The molecule has 0 spiro atoms. The van der Waals surface area contributed by atoms with E-state index >= 15 is 0 Å². The number of pyridine rings is 1. The molecule has 2 heterocycles. The summed E-state index contributed by atoms with van der Waals surface area (Å²) in [4.78, 5) is 9.10. The summed E-state index contributed by atoms with van der Waals surface area (Å²) < 4.78 is 28.3. The number of sulfonamides is 1. The lowest BCUT2D eigenvalue weighted by Crippen LogP contribution is -2.47. The Balaban J connectivity index is 1.60. The van der Waals surface area contributed by atoms with Gasteiger partial charge in [0.05, 0.1) is 10.6 Å². The Labute approximate surface area is 204 Å². The van der Waals surface area contributed by atoms with Crippen LogP contribution in [-0.4, -0.2) is 52.7 Å². The number of benzene rings is 2. The standard InChI is InChI=1S/C23H25Cl2N5O2S/c24-18-3-7-20(8-4-18)28-14-16-29(17-15-28)23-22(2-1-12-27-23)30(13-11-26)33(31,32)21-9-5-19(25)6-10-21/h1-10,12H,11,13-17,26H2. The largest absolute Gasteiger partial charge is 0.368 e. The Kier molecular flexibility index (Phi) is 7.29. The van der Waals surface area contributed by atoms with Crippen molar-refractivity contribution in [3.63, 3.8) is 0 Å². The lowest BCUT2D eigenvalue weighted by atomic mass is 10.2. The lowest BCUT2D eigenvalue weighted by Gasteiger charge is -2.38. The molecule has 2 N–H and O–H groups in total. The van der Waals surface area contributed by atoms with Gasteiger partial charge in [-0.25, -0.2) is 13.4 Å². The Bertz CT molecular complexity index is 1180. The normalized spacial score (nSPS) is 14.4. The van der Waals surface area contributed by atoms with E-state index in [0.717, 1.165) is 18.8 Å². The van der Waals surface area contributed by atoms with Gasteiger partial charge in [0, 0.05) is 61.2 Å². The number of hydrogen-bond donors (Lipinski definition) is 1. The van der Waals surface area contributed by atoms with E-state index in [2.05, 4.69) is 14.8 Å². The van der Waals surface area contributed by atoms with E-state index < -0.39 is 10.0 Å². The van der Waals surface area contributed by atoms with Crippen molar-refractivity contribution in [2.24, 2.45) is 5.73 Å². The molecule has 1 aromatic heterocycles. The van der Waals surface area contributed by atoms with Crippen molar-refractivity contribution >= 4 is 50.4 Å². The third kappa shape index (κ3) is 5.19.